The molecule has 0 N–H and O–H groups in total. The number of hydrogen-bond acceptors (Lipinski definition) is 1. The number of benzene rings is 1. The van der Waals surface area contributed by atoms with Crippen molar-refractivity contribution in [3.05, 3.63) is 54.3 Å². The lowest BCUT2D eigenvalue weighted by atomic mass is 10.1. The minimum atomic E-state index is -0.197. The summed E-state index contributed by atoms with van der Waals surface area (Å²) >= 11 is 12.1. The molecule has 1 heterocycles. The SMILES string of the molecule is Cc1sc(C(Br)c2cc(Br)ccc2F)cc1Br. The van der Waals surface area contributed by atoms with Gasteiger partial charge in [-0.15, -0.1) is 11.3 Å². The summed E-state index contributed by atoms with van der Waals surface area (Å²) in [6.45, 7) is 2.04. The summed E-state index contributed by atoms with van der Waals surface area (Å²) in [5.74, 6) is -0.197. The molecule has 2 aromatic rings. The molecule has 0 aliphatic heterocycles. The van der Waals surface area contributed by atoms with Crippen molar-refractivity contribution in [1.29, 1.82) is 0 Å². The molecule has 0 aliphatic carbocycles. The van der Waals surface area contributed by atoms with Crippen molar-refractivity contribution in [2.75, 3.05) is 0 Å². The van der Waals surface area contributed by atoms with Crippen molar-refractivity contribution in [2.45, 2.75) is 11.8 Å². The highest BCUT2D eigenvalue weighted by atomic mass is 79.9. The van der Waals surface area contributed by atoms with Crippen LogP contribution in [0.5, 0.6) is 0 Å². The Morgan fingerprint density at radius 2 is 1.94 bits per heavy atom. The average Bonchev–Trinajstić information content (AvgIpc) is 2.62. The van der Waals surface area contributed by atoms with Crippen LogP contribution in [0, 0.1) is 12.7 Å². The molecule has 0 nitrogen and oxygen atoms in total. The zero-order valence-electron chi connectivity index (χ0n) is 8.81. The summed E-state index contributed by atoms with van der Waals surface area (Å²) in [6.07, 6.45) is 0. The Balaban J connectivity index is 2.42. The van der Waals surface area contributed by atoms with E-state index < -0.39 is 0 Å². The van der Waals surface area contributed by atoms with E-state index in [9.17, 15) is 4.39 Å². The number of hydrogen-bond donors (Lipinski definition) is 0. The smallest absolute Gasteiger partial charge is 0.127 e. The Hall–Kier alpha value is 0.290. The summed E-state index contributed by atoms with van der Waals surface area (Å²) in [5.41, 5.74) is 0.646. The maximum Gasteiger partial charge on any atom is 0.127 e. The van der Waals surface area contributed by atoms with Crippen LogP contribution >= 0.6 is 59.1 Å². The van der Waals surface area contributed by atoms with E-state index in [4.69, 9.17) is 0 Å². The van der Waals surface area contributed by atoms with Crippen LogP contribution in [-0.4, -0.2) is 0 Å². The van der Waals surface area contributed by atoms with Crippen LogP contribution < -0.4 is 0 Å². The van der Waals surface area contributed by atoms with E-state index in [2.05, 4.69) is 47.8 Å². The molecule has 0 fully saturated rings. The first kappa shape index (κ1) is 13.7. The molecule has 1 aromatic carbocycles. The highest BCUT2D eigenvalue weighted by Gasteiger charge is 2.18. The van der Waals surface area contributed by atoms with E-state index in [1.54, 1.807) is 23.5 Å². The van der Waals surface area contributed by atoms with E-state index in [1.807, 2.05) is 13.0 Å². The largest absolute Gasteiger partial charge is 0.207 e. The standard InChI is InChI=1S/C12H8Br3FS/c1-6-9(14)5-11(17-6)12(15)8-4-7(13)2-3-10(8)16/h2-5,12H,1H3. The topological polar surface area (TPSA) is 0 Å². The van der Waals surface area contributed by atoms with Crippen LogP contribution in [0.3, 0.4) is 0 Å². The van der Waals surface area contributed by atoms with Gasteiger partial charge >= 0.3 is 0 Å². The maximum absolute atomic E-state index is 13.8. The maximum atomic E-state index is 13.8. The van der Waals surface area contributed by atoms with Gasteiger partial charge in [-0.3, -0.25) is 0 Å². The minimum absolute atomic E-state index is 0.116. The van der Waals surface area contributed by atoms with E-state index in [0.717, 1.165) is 13.8 Å². The molecule has 90 valence electrons. The highest BCUT2D eigenvalue weighted by molar-refractivity contribution is 9.11. The molecule has 1 unspecified atom stereocenters. The van der Waals surface area contributed by atoms with Gasteiger partial charge < -0.3 is 0 Å². The molecule has 1 aromatic heterocycles. The second-order valence-electron chi connectivity index (χ2n) is 3.58. The number of rotatable bonds is 2. The van der Waals surface area contributed by atoms with Crippen LogP contribution in [0.1, 0.15) is 20.1 Å². The van der Waals surface area contributed by atoms with Crippen molar-refractivity contribution in [1.82, 2.24) is 0 Å². The quantitative estimate of drug-likeness (QED) is 0.485. The van der Waals surface area contributed by atoms with Gasteiger partial charge in [-0.25, -0.2) is 4.39 Å². The van der Waals surface area contributed by atoms with Gasteiger partial charge in [0.25, 0.3) is 0 Å². The summed E-state index contributed by atoms with van der Waals surface area (Å²) in [7, 11) is 0. The molecule has 0 saturated heterocycles. The summed E-state index contributed by atoms with van der Waals surface area (Å²) in [5, 5.41) is 0. The second kappa shape index (κ2) is 5.51. The molecule has 0 aliphatic rings. The minimum Gasteiger partial charge on any atom is -0.207 e. The fraction of sp³-hybridized carbons (Fsp3) is 0.167. The molecular weight excluding hydrogens is 435 g/mol. The zero-order chi connectivity index (χ0) is 12.6. The molecule has 1 atom stereocenters. The predicted molar refractivity (Wildman–Crippen MR) is 81.6 cm³/mol. The van der Waals surface area contributed by atoms with E-state index in [0.29, 0.717) is 5.56 Å². The van der Waals surface area contributed by atoms with Crippen LogP contribution in [0.2, 0.25) is 0 Å². The summed E-state index contributed by atoms with van der Waals surface area (Å²) in [4.78, 5) is 2.17. The fourth-order valence-electron chi connectivity index (χ4n) is 1.47. The Kier molecular flexibility index (Phi) is 4.45. The summed E-state index contributed by atoms with van der Waals surface area (Å²) < 4.78 is 15.7. The van der Waals surface area contributed by atoms with E-state index in [1.165, 1.54) is 10.9 Å². The Bertz CT molecular complexity index is 531. The number of halogens is 4. The molecule has 5 heteroatoms. The third-order valence-electron chi connectivity index (χ3n) is 2.36. The molecular formula is C12H8Br3FS. The van der Waals surface area contributed by atoms with Gasteiger partial charge in [0.1, 0.15) is 5.82 Å². The van der Waals surface area contributed by atoms with Crippen molar-refractivity contribution in [2.24, 2.45) is 0 Å². The molecule has 0 spiro atoms. The van der Waals surface area contributed by atoms with Crippen molar-refractivity contribution >= 4 is 59.1 Å². The van der Waals surface area contributed by atoms with Gasteiger partial charge in [-0.05, 0) is 47.1 Å². The van der Waals surface area contributed by atoms with E-state index in [-0.39, 0.29) is 10.6 Å². The first-order valence-electron chi connectivity index (χ1n) is 4.84. The lowest BCUT2D eigenvalue weighted by Crippen LogP contribution is -1.94. The zero-order valence-corrected chi connectivity index (χ0v) is 14.4. The second-order valence-corrected chi connectivity index (χ2v) is 7.55. The normalized spacial score (nSPS) is 12.8. The highest BCUT2D eigenvalue weighted by Crippen LogP contribution is 2.40. The molecule has 0 radical (unpaired) electrons. The summed E-state index contributed by atoms with van der Waals surface area (Å²) in [6, 6.07) is 7.01. The van der Waals surface area contributed by atoms with Gasteiger partial charge in [-0.2, -0.15) is 0 Å². The number of alkyl halides is 1. The van der Waals surface area contributed by atoms with Crippen molar-refractivity contribution < 1.29 is 4.39 Å². The van der Waals surface area contributed by atoms with Crippen LogP contribution in [0.4, 0.5) is 4.39 Å². The third-order valence-corrected chi connectivity index (χ3v) is 6.34. The van der Waals surface area contributed by atoms with Crippen molar-refractivity contribution in [3.63, 3.8) is 0 Å². The first-order chi connectivity index (χ1) is 7.99. The number of aryl methyl sites for hydroxylation is 1. The van der Waals surface area contributed by atoms with Gasteiger partial charge in [-0.1, -0.05) is 31.9 Å². The average molecular weight is 443 g/mol. The first-order valence-corrected chi connectivity index (χ1v) is 8.15. The fourth-order valence-corrected chi connectivity index (χ4v) is 4.17. The monoisotopic (exact) mass is 440 g/mol. The lowest BCUT2D eigenvalue weighted by molar-refractivity contribution is 0.613. The van der Waals surface area contributed by atoms with E-state index >= 15 is 0 Å². The molecule has 0 amide bonds. The molecule has 17 heavy (non-hydrogen) atoms. The van der Waals surface area contributed by atoms with Crippen LogP contribution in [-0.2, 0) is 0 Å². The molecule has 0 bridgehead atoms. The molecule has 0 saturated carbocycles. The van der Waals surface area contributed by atoms with Crippen LogP contribution in [0.25, 0.3) is 0 Å². The van der Waals surface area contributed by atoms with Crippen molar-refractivity contribution in [3.8, 4) is 0 Å². The Morgan fingerprint density at radius 3 is 2.53 bits per heavy atom. The Labute approximate surface area is 129 Å². The predicted octanol–water partition coefficient (Wildman–Crippen LogP) is 6.20. The Morgan fingerprint density at radius 1 is 1.24 bits per heavy atom. The van der Waals surface area contributed by atoms with Gasteiger partial charge in [0.15, 0.2) is 0 Å². The molecule has 2 rings (SSSR count). The van der Waals surface area contributed by atoms with Gasteiger partial charge in [0.05, 0.1) is 4.83 Å². The van der Waals surface area contributed by atoms with Crippen LogP contribution in [0.15, 0.2) is 33.2 Å². The third kappa shape index (κ3) is 3.00. The lowest BCUT2D eigenvalue weighted by Gasteiger charge is -2.09. The van der Waals surface area contributed by atoms with Gasteiger partial charge in [0, 0.05) is 24.3 Å². The number of thiophene rings is 1. The van der Waals surface area contributed by atoms with Gasteiger partial charge in [0.2, 0.25) is 0 Å².